The second-order valence-corrected chi connectivity index (χ2v) is 7.34. The van der Waals surface area contributed by atoms with Gasteiger partial charge >= 0.3 is 0 Å². The molecule has 1 heterocycles. The highest BCUT2D eigenvalue weighted by Gasteiger charge is 2.14. The number of likely N-dealkylation sites (N-methyl/N-ethyl adjacent to an activating group) is 1. The van der Waals surface area contributed by atoms with Gasteiger partial charge in [-0.1, -0.05) is 29.8 Å². The highest BCUT2D eigenvalue weighted by atomic mass is 16.5. The summed E-state index contributed by atoms with van der Waals surface area (Å²) in [4.78, 5) is 9.54. The third-order valence-electron chi connectivity index (χ3n) is 4.90. The molecule has 0 radical (unpaired) electrons. The molecule has 0 spiro atoms. The molecule has 1 aliphatic rings. The quantitative estimate of drug-likeness (QED) is 0.392. The van der Waals surface area contributed by atoms with Crippen LogP contribution < -0.4 is 10.6 Å². The van der Waals surface area contributed by atoms with E-state index in [0.717, 1.165) is 64.9 Å². The Balaban J connectivity index is 1.85. The van der Waals surface area contributed by atoms with Crippen molar-refractivity contribution in [3.05, 3.63) is 35.4 Å². The van der Waals surface area contributed by atoms with Crippen LogP contribution in [-0.2, 0) is 4.74 Å². The summed E-state index contributed by atoms with van der Waals surface area (Å²) >= 11 is 0. The molecule has 2 rings (SSSR count). The van der Waals surface area contributed by atoms with E-state index in [9.17, 15) is 0 Å². The van der Waals surface area contributed by atoms with Crippen LogP contribution in [0.15, 0.2) is 29.3 Å². The van der Waals surface area contributed by atoms with Gasteiger partial charge in [-0.3, -0.25) is 9.89 Å². The average Bonchev–Trinajstić information content (AvgIpc) is 2.67. The molecule has 1 unspecified atom stereocenters. The molecule has 27 heavy (non-hydrogen) atoms. The first kappa shape index (κ1) is 21.7. The topological polar surface area (TPSA) is 52.1 Å². The van der Waals surface area contributed by atoms with E-state index in [1.807, 2.05) is 0 Å². The van der Waals surface area contributed by atoms with E-state index in [-0.39, 0.29) is 6.04 Å². The summed E-state index contributed by atoms with van der Waals surface area (Å²) in [6, 6.07) is 9.03. The van der Waals surface area contributed by atoms with Crippen molar-refractivity contribution in [1.29, 1.82) is 0 Å². The molecular weight excluding hydrogens is 338 g/mol. The molecule has 0 aliphatic carbocycles. The zero-order chi connectivity index (χ0) is 19.5. The minimum atomic E-state index is 0.273. The van der Waals surface area contributed by atoms with E-state index >= 15 is 0 Å². The van der Waals surface area contributed by atoms with E-state index < -0.39 is 0 Å². The van der Waals surface area contributed by atoms with Gasteiger partial charge in [-0.05, 0) is 46.5 Å². The Kier molecular flexibility index (Phi) is 9.59. The van der Waals surface area contributed by atoms with Gasteiger partial charge in [0, 0.05) is 26.2 Å². The SMILES string of the molecule is CCNC(=NCC(c1ccc(C)cc1)N(C)C)NCCCN1CCOCC1. The summed E-state index contributed by atoms with van der Waals surface area (Å²) in [5.41, 5.74) is 2.59. The Morgan fingerprint density at radius 2 is 1.89 bits per heavy atom. The van der Waals surface area contributed by atoms with Crippen molar-refractivity contribution < 1.29 is 4.74 Å². The molecule has 1 aromatic rings. The van der Waals surface area contributed by atoms with Gasteiger partial charge in [0.25, 0.3) is 0 Å². The van der Waals surface area contributed by atoms with E-state index in [1.165, 1.54) is 11.1 Å². The van der Waals surface area contributed by atoms with Gasteiger partial charge in [-0.2, -0.15) is 0 Å². The Hall–Kier alpha value is -1.63. The fourth-order valence-corrected chi connectivity index (χ4v) is 3.21. The van der Waals surface area contributed by atoms with Crippen LogP contribution in [0, 0.1) is 6.92 Å². The number of guanidine groups is 1. The smallest absolute Gasteiger partial charge is 0.191 e. The van der Waals surface area contributed by atoms with Crippen molar-refractivity contribution >= 4 is 5.96 Å². The maximum absolute atomic E-state index is 5.40. The lowest BCUT2D eigenvalue weighted by Crippen LogP contribution is -2.41. The van der Waals surface area contributed by atoms with Crippen LogP contribution in [-0.4, -0.2) is 82.3 Å². The second kappa shape index (κ2) is 12.0. The zero-order valence-corrected chi connectivity index (χ0v) is 17.5. The molecule has 0 bridgehead atoms. The highest BCUT2D eigenvalue weighted by molar-refractivity contribution is 5.79. The number of morpholine rings is 1. The van der Waals surface area contributed by atoms with Crippen molar-refractivity contribution in [2.24, 2.45) is 4.99 Å². The average molecular weight is 376 g/mol. The highest BCUT2D eigenvalue weighted by Crippen LogP contribution is 2.19. The van der Waals surface area contributed by atoms with Crippen molar-refractivity contribution in [3.63, 3.8) is 0 Å². The summed E-state index contributed by atoms with van der Waals surface area (Å²) in [5.74, 6) is 0.901. The number of benzene rings is 1. The largest absolute Gasteiger partial charge is 0.379 e. The first-order chi connectivity index (χ1) is 13.1. The monoisotopic (exact) mass is 375 g/mol. The molecule has 152 valence electrons. The molecule has 1 aromatic carbocycles. The molecule has 1 atom stereocenters. The molecule has 1 aliphatic heterocycles. The zero-order valence-electron chi connectivity index (χ0n) is 17.5. The normalized spacial score (nSPS) is 17.1. The lowest BCUT2D eigenvalue weighted by Gasteiger charge is -2.26. The van der Waals surface area contributed by atoms with E-state index in [1.54, 1.807) is 0 Å². The van der Waals surface area contributed by atoms with Crippen LogP contribution >= 0.6 is 0 Å². The number of rotatable bonds is 9. The van der Waals surface area contributed by atoms with Gasteiger partial charge in [0.05, 0.1) is 25.8 Å². The predicted octanol–water partition coefficient (Wildman–Crippen LogP) is 1.88. The van der Waals surface area contributed by atoms with Gasteiger partial charge in [0.2, 0.25) is 0 Å². The number of nitrogens with zero attached hydrogens (tertiary/aromatic N) is 3. The number of aliphatic imine (C=N–C) groups is 1. The molecule has 0 saturated carbocycles. The van der Waals surface area contributed by atoms with Gasteiger partial charge < -0.3 is 20.3 Å². The molecule has 0 amide bonds. The number of nitrogens with one attached hydrogen (secondary N) is 2. The summed E-state index contributed by atoms with van der Waals surface area (Å²) in [6.45, 7) is 11.7. The Bertz CT molecular complexity index is 552. The van der Waals surface area contributed by atoms with E-state index in [2.05, 4.69) is 72.6 Å². The maximum atomic E-state index is 5.40. The lowest BCUT2D eigenvalue weighted by atomic mass is 10.0. The summed E-state index contributed by atoms with van der Waals surface area (Å²) in [5, 5.41) is 6.84. The molecule has 6 heteroatoms. The van der Waals surface area contributed by atoms with Crippen molar-refractivity contribution in [2.45, 2.75) is 26.3 Å². The van der Waals surface area contributed by atoms with Crippen molar-refractivity contribution in [2.75, 3.05) is 66.6 Å². The Labute approximate surface area is 165 Å². The van der Waals surface area contributed by atoms with E-state index in [4.69, 9.17) is 9.73 Å². The first-order valence-electron chi connectivity index (χ1n) is 10.2. The second-order valence-electron chi connectivity index (χ2n) is 7.34. The molecule has 0 aromatic heterocycles. The summed E-state index contributed by atoms with van der Waals surface area (Å²) in [6.07, 6.45) is 1.11. The van der Waals surface area contributed by atoms with Crippen LogP contribution in [0.5, 0.6) is 0 Å². The predicted molar refractivity (Wildman–Crippen MR) is 113 cm³/mol. The fourth-order valence-electron chi connectivity index (χ4n) is 3.21. The Morgan fingerprint density at radius 1 is 1.19 bits per heavy atom. The van der Waals surface area contributed by atoms with Crippen LogP contribution in [0.2, 0.25) is 0 Å². The van der Waals surface area contributed by atoms with Gasteiger partial charge in [-0.25, -0.2) is 0 Å². The van der Waals surface area contributed by atoms with Crippen LogP contribution in [0.4, 0.5) is 0 Å². The third kappa shape index (κ3) is 7.87. The molecular formula is C21H37N5O. The van der Waals surface area contributed by atoms with Gasteiger partial charge in [-0.15, -0.1) is 0 Å². The minimum Gasteiger partial charge on any atom is -0.379 e. The molecule has 6 nitrogen and oxygen atoms in total. The third-order valence-corrected chi connectivity index (χ3v) is 4.90. The van der Waals surface area contributed by atoms with E-state index in [0.29, 0.717) is 0 Å². The number of hydrogen-bond donors (Lipinski definition) is 2. The molecule has 2 N–H and O–H groups in total. The van der Waals surface area contributed by atoms with Gasteiger partial charge in [0.1, 0.15) is 0 Å². The first-order valence-corrected chi connectivity index (χ1v) is 10.2. The number of hydrogen-bond acceptors (Lipinski definition) is 4. The van der Waals surface area contributed by atoms with Crippen molar-refractivity contribution in [1.82, 2.24) is 20.4 Å². The Morgan fingerprint density at radius 3 is 2.52 bits per heavy atom. The standard InChI is InChI=1S/C21H37N5O/c1-5-22-21(23-11-6-12-26-13-15-27-16-14-26)24-17-20(25(3)4)19-9-7-18(2)8-10-19/h7-10,20H,5-6,11-17H2,1-4H3,(H2,22,23,24). The molecule has 1 saturated heterocycles. The van der Waals surface area contributed by atoms with Crippen LogP contribution in [0.3, 0.4) is 0 Å². The minimum absolute atomic E-state index is 0.273. The van der Waals surface area contributed by atoms with Crippen molar-refractivity contribution in [3.8, 4) is 0 Å². The van der Waals surface area contributed by atoms with Crippen LogP contribution in [0.1, 0.15) is 30.5 Å². The van der Waals surface area contributed by atoms with Gasteiger partial charge in [0.15, 0.2) is 5.96 Å². The number of ether oxygens (including phenoxy) is 1. The lowest BCUT2D eigenvalue weighted by molar-refractivity contribution is 0.0376. The fraction of sp³-hybridized carbons (Fsp3) is 0.667. The summed E-state index contributed by atoms with van der Waals surface area (Å²) in [7, 11) is 4.23. The summed E-state index contributed by atoms with van der Waals surface area (Å²) < 4.78 is 5.40. The maximum Gasteiger partial charge on any atom is 0.191 e. The molecule has 1 fully saturated rings. The van der Waals surface area contributed by atoms with Crippen LogP contribution in [0.25, 0.3) is 0 Å². The number of aryl methyl sites for hydroxylation is 1.